The number of benzene rings is 1. The molecule has 0 bridgehead atoms. The number of fused-ring (bicyclic) bond motifs is 1. The van der Waals surface area contributed by atoms with Gasteiger partial charge in [-0.2, -0.15) is 0 Å². The number of aryl methyl sites for hydroxylation is 2. The van der Waals surface area contributed by atoms with Crippen LogP contribution in [-0.2, 0) is 6.54 Å². The average Bonchev–Trinajstić information content (AvgIpc) is 3.17. The maximum atomic E-state index is 13.7. The number of hydrogen-bond donors (Lipinski definition) is 1. The number of aromatic nitrogens is 4. The van der Waals surface area contributed by atoms with E-state index < -0.39 is 0 Å². The second-order valence-corrected chi connectivity index (χ2v) is 10.1. The number of rotatable bonds is 6. The van der Waals surface area contributed by atoms with Crippen LogP contribution >= 0.6 is 11.6 Å². The Labute approximate surface area is 220 Å². The van der Waals surface area contributed by atoms with Crippen molar-refractivity contribution in [3.05, 3.63) is 81.1 Å². The molecule has 4 aromatic rings. The fourth-order valence-electron chi connectivity index (χ4n) is 5.25. The first-order valence-corrected chi connectivity index (χ1v) is 12.9. The van der Waals surface area contributed by atoms with E-state index in [4.69, 9.17) is 16.3 Å². The van der Waals surface area contributed by atoms with Crippen molar-refractivity contribution in [2.24, 2.45) is 5.92 Å². The second kappa shape index (κ2) is 10.4. The van der Waals surface area contributed by atoms with Crippen LogP contribution in [0, 0.1) is 19.8 Å². The van der Waals surface area contributed by atoms with Crippen molar-refractivity contribution in [2.75, 3.05) is 7.11 Å². The van der Waals surface area contributed by atoms with Crippen molar-refractivity contribution in [2.45, 2.75) is 52.1 Å². The lowest BCUT2D eigenvalue weighted by Gasteiger charge is -2.29. The molecule has 9 heteroatoms. The Morgan fingerprint density at radius 2 is 1.81 bits per heavy atom. The molecule has 0 aliphatic heterocycles. The normalized spacial score (nSPS) is 17.6. The summed E-state index contributed by atoms with van der Waals surface area (Å²) in [4.78, 5) is 35.1. The highest BCUT2D eigenvalue weighted by atomic mass is 35.5. The molecule has 0 radical (unpaired) electrons. The minimum atomic E-state index is -0.140. The Hall–Kier alpha value is -3.65. The zero-order chi connectivity index (χ0) is 26.1. The van der Waals surface area contributed by atoms with Crippen molar-refractivity contribution in [3.8, 4) is 11.6 Å². The minimum absolute atomic E-state index is 0.0735. The summed E-state index contributed by atoms with van der Waals surface area (Å²) >= 11 is 6.04. The van der Waals surface area contributed by atoms with Crippen LogP contribution in [0.3, 0.4) is 0 Å². The Balaban J connectivity index is 1.33. The standard InChI is InChI=1S/C28H30ClN5O3/c1-17-22(14-20(29)15-30-17)27(35)32-21-10-8-19(9-11-21)16-33-24-6-4-5-7-25(24)34(28(33)36)23-12-13-26(37-3)31-18(23)2/h4-7,12-15,19,21H,8-11,16H2,1-3H3,(H,32,35)/t19-,21-. The van der Waals surface area contributed by atoms with Crippen LogP contribution in [0.25, 0.3) is 16.7 Å². The maximum Gasteiger partial charge on any atom is 0.333 e. The maximum absolute atomic E-state index is 13.7. The summed E-state index contributed by atoms with van der Waals surface area (Å²) in [5, 5.41) is 3.59. The third-order valence-corrected chi connectivity index (χ3v) is 7.45. The number of ether oxygens (including phenoxy) is 1. The number of carbonyl (C=O) groups excluding carboxylic acids is 1. The number of nitrogens with one attached hydrogen (secondary N) is 1. The fraction of sp³-hybridized carbons (Fsp3) is 0.357. The fourth-order valence-corrected chi connectivity index (χ4v) is 5.40. The van der Waals surface area contributed by atoms with Gasteiger partial charge in [-0.15, -0.1) is 0 Å². The zero-order valence-corrected chi connectivity index (χ0v) is 22.0. The van der Waals surface area contributed by atoms with Gasteiger partial charge in [0.2, 0.25) is 5.88 Å². The summed E-state index contributed by atoms with van der Waals surface area (Å²) in [6, 6.07) is 13.3. The Morgan fingerprint density at radius 3 is 2.51 bits per heavy atom. The first-order valence-electron chi connectivity index (χ1n) is 12.5. The van der Waals surface area contributed by atoms with E-state index in [0.717, 1.165) is 48.1 Å². The van der Waals surface area contributed by atoms with Crippen LogP contribution in [0.15, 0.2) is 53.5 Å². The minimum Gasteiger partial charge on any atom is -0.481 e. The van der Waals surface area contributed by atoms with Gasteiger partial charge in [-0.05, 0) is 69.7 Å². The first-order chi connectivity index (χ1) is 17.9. The molecule has 8 nitrogen and oxygen atoms in total. The van der Waals surface area contributed by atoms with E-state index in [9.17, 15) is 9.59 Å². The van der Waals surface area contributed by atoms with Gasteiger partial charge in [-0.25, -0.2) is 9.78 Å². The van der Waals surface area contributed by atoms with Crippen molar-refractivity contribution < 1.29 is 9.53 Å². The SMILES string of the molecule is COc1ccc(-n2c(=O)n(C[C@H]3CC[C@H](NC(=O)c4cc(Cl)cnc4C)CC3)c3ccccc32)c(C)n1. The van der Waals surface area contributed by atoms with Gasteiger partial charge in [0.25, 0.3) is 5.91 Å². The first kappa shape index (κ1) is 25.0. The summed E-state index contributed by atoms with van der Waals surface area (Å²) in [5.74, 6) is 0.720. The largest absolute Gasteiger partial charge is 0.481 e. The summed E-state index contributed by atoms with van der Waals surface area (Å²) in [6.45, 7) is 4.32. The molecule has 3 aromatic heterocycles. The highest BCUT2D eigenvalue weighted by molar-refractivity contribution is 6.30. The lowest BCUT2D eigenvalue weighted by atomic mass is 9.85. The molecule has 1 N–H and O–H groups in total. The van der Waals surface area contributed by atoms with Crippen molar-refractivity contribution in [1.82, 2.24) is 24.4 Å². The topological polar surface area (TPSA) is 91.0 Å². The van der Waals surface area contributed by atoms with E-state index in [0.29, 0.717) is 34.6 Å². The third-order valence-electron chi connectivity index (χ3n) is 7.24. The van der Waals surface area contributed by atoms with Crippen LogP contribution in [0.2, 0.25) is 5.02 Å². The van der Waals surface area contributed by atoms with E-state index >= 15 is 0 Å². The van der Waals surface area contributed by atoms with E-state index in [1.165, 1.54) is 0 Å². The molecular weight excluding hydrogens is 490 g/mol. The zero-order valence-electron chi connectivity index (χ0n) is 21.2. The number of imidazole rings is 1. The quantitative estimate of drug-likeness (QED) is 0.393. The van der Waals surface area contributed by atoms with Crippen LogP contribution in [0.5, 0.6) is 5.88 Å². The number of halogens is 1. The molecule has 0 spiro atoms. The molecule has 3 heterocycles. The van der Waals surface area contributed by atoms with Crippen molar-refractivity contribution in [3.63, 3.8) is 0 Å². The molecule has 0 saturated heterocycles. The van der Waals surface area contributed by atoms with E-state index in [1.54, 1.807) is 36.9 Å². The third kappa shape index (κ3) is 4.98. The van der Waals surface area contributed by atoms with Gasteiger partial charge in [0.1, 0.15) is 0 Å². The number of carbonyl (C=O) groups is 1. The number of para-hydroxylation sites is 2. The van der Waals surface area contributed by atoms with Crippen molar-refractivity contribution >= 4 is 28.5 Å². The molecule has 0 unspecified atom stereocenters. The average molecular weight is 520 g/mol. The Kier molecular flexibility index (Phi) is 7.02. The van der Waals surface area contributed by atoms with Gasteiger partial charge in [0.05, 0.1) is 45.8 Å². The molecule has 1 fully saturated rings. The molecular formula is C28H30ClN5O3. The monoisotopic (exact) mass is 519 g/mol. The smallest absolute Gasteiger partial charge is 0.333 e. The van der Waals surface area contributed by atoms with Gasteiger partial charge in [-0.1, -0.05) is 23.7 Å². The lowest BCUT2D eigenvalue weighted by Crippen LogP contribution is -2.39. The molecule has 0 atom stereocenters. The second-order valence-electron chi connectivity index (χ2n) is 9.65. The number of methoxy groups -OCH3 is 1. The Bertz CT molecular complexity index is 1520. The van der Waals surface area contributed by atoms with E-state index in [2.05, 4.69) is 15.3 Å². The van der Waals surface area contributed by atoms with Gasteiger partial charge in [-0.3, -0.25) is 18.9 Å². The van der Waals surface area contributed by atoms with Crippen LogP contribution in [0.4, 0.5) is 0 Å². The molecule has 37 heavy (non-hydrogen) atoms. The number of hydrogen-bond acceptors (Lipinski definition) is 5. The van der Waals surface area contributed by atoms with Gasteiger partial charge in [0, 0.05) is 24.8 Å². The van der Waals surface area contributed by atoms with E-state index in [1.807, 2.05) is 41.8 Å². The van der Waals surface area contributed by atoms with Crippen molar-refractivity contribution in [1.29, 1.82) is 0 Å². The summed E-state index contributed by atoms with van der Waals surface area (Å²) in [7, 11) is 1.58. The van der Waals surface area contributed by atoms with Gasteiger partial charge in [0.15, 0.2) is 0 Å². The number of pyridine rings is 2. The Morgan fingerprint density at radius 1 is 1.08 bits per heavy atom. The molecule has 1 aromatic carbocycles. The molecule has 5 rings (SSSR count). The lowest BCUT2D eigenvalue weighted by molar-refractivity contribution is 0.0919. The highest BCUT2D eigenvalue weighted by Gasteiger charge is 2.26. The van der Waals surface area contributed by atoms with Gasteiger partial charge < -0.3 is 10.1 Å². The molecule has 1 aliphatic rings. The molecule has 1 amide bonds. The van der Waals surface area contributed by atoms with Crippen LogP contribution < -0.4 is 15.7 Å². The number of amides is 1. The van der Waals surface area contributed by atoms with Crippen LogP contribution in [-0.4, -0.2) is 38.2 Å². The summed E-state index contributed by atoms with van der Waals surface area (Å²) in [6.07, 6.45) is 5.11. The summed E-state index contributed by atoms with van der Waals surface area (Å²) < 4.78 is 8.86. The summed E-state index contributed by atoms with van der Waals surface area (Å²) in [5.41, 5.74) is 4.33. The van der Waals surface area contributed by atoms with Gasteiger partial charge >= 0.3 is 5.69 Å². The molecule has 192 valence electrons. The van der Waals surface area contributed by atoms with E-state index in [-0.39, 0.29) is 17.6 Å². The van der Waals surface area contributed by atoms with Crippen LogP contribution in [0.1, 0.15) is 47.4 Å². The predicted molar refractivity (Wildman–Crippen MR) is 144 cm³/mol. The predicted octanol–water partition coefficient (Wildman–Crippen LogP) is 4.85. The highest BCUT2D eigenvalue weighted by Crippen LogP contribution is 2.28. The number of nitrogens with zero attached hydrogens (tertiary/aromatic N) is 4. The molecule has 1 saturated carbocycles. The molecule has 1 aliphatic carbocycles.